The minimum absolute atomic E-state index is 0.148. The summed E-state index contributed by atoms with van der Waals surface area (Å²) in [5.74, 6) is -1.49. The molecular weight excluding hydrogens is 358 g/mol. The van der Waals surface area contributed by atoms with Crippen LogP contribution in [-0.4, -0.2) is 55.2 Å². The van der Waals surface area contributed by atoms with Crippen LogP contribution in [0.4, 0.5) is 5.69 Å². The first-order valence-electron chi connectivity index (χ1n) is 7.81. The van der Waals surface area contributed by atoms with Crippen molar-refractivity contribution in [2.45, 2.75) is 6.42 Å². The number of carbonyl (C=O) groups is 3. The molecule has 0 aliphatic carbocycles. The highest BCUT2D eigenvalue weighted by atomic mass is 32.2. The van der Waals surface area contributed by atoms with Crippen molar-refractivity contribution in [3.63, 3.8) is 0 Å². The maximum absolute atomic E-state index is 12.4. The fourth-order valence-corrected chi connectivity index (χ4v) is 3.61. The molecular formula is C17H17N3O5S. The zero-order valence-electron chi connectivity index (χ0n) is 14.3. The van der Waals surface area contributed by atoms with Gasteiger partial charge >= 0.3 is 11.9 Å². The summed E-state index contributed by atoms with van der Waals surface area (Å²) in [6.07, 6.45) is 0.169. The van der Waals surface area contributed by atoms with E-state index < -0.39 is 11.9 Å². The van der Waals surface area contributed by atoms with Crippen LogP contribution in [0.5, 0.6) is 0 Å². The quantitative estimate of drug-likeness (QED) is 0.784. The van der Waals surface area contributed by atoms with Gasteiger partial charge in [-0.2, -0.15) is 0 Å². The van der Waals surface area contributed by atoms with E-state index >= 15 is 0 Å². The Hall–Kier alpha value is -2.81. The number of methoxy groups -OCH3 is 2. The summed E-state index contributed by atoms with van der Waals surface area (Å²) >= 11 is 1.50. The van der Waals surface area contributed by atoms with Gasteiger partial charge in [0.05, 0.1) is 38.3 Å². The van der Waals surface area contributed by atoms with Crippen LogP contribution in [0.2, 0.25) is 0 Å². The van der Waals surface area contributed by atoms with E-state index in [0.717, 1.165) is 24.0 Å². The highest BCUT2D eigenvalue weighted by Crippen LogP contribution is 2.31. The Morgan fingerprint density at radius 1 is 1.15 bits per heavy atom. The standard InChI is InChI=1S/C17H17N3O5S/c1-24-15(22)10-5-11(16(23)25-2)7-12(6-10)19-14(21)8-13-9-26-17-18-3-4-20(13)17/h5-7,9H,3-4,8H2,1-2H3,(H,19,21). The average molecular weight is 375 g/mol. The summed E-state index contributed by atoms with van der Waals surface area (Å²) in [4.78, 5) is 42.3. The van der Waals surface area contributed by atoms with Gasteiger partial charge in [-0.1, -0.05) is 11.8 Å². The summed E-state index contributed by atoms with van der Waals surface area (Å²) in [5.41, 5.74) is 1.49. The Labute approximate surface area is 154 Å². The predicted molar refractivity (Wildman–Crippen MR) is 97.0 cm³/mol. The number of hydrogen-bond donors (Lipinski definition) is 1. The van der Waals surface area contributed by atoms with Crippen LogP contribution in [0.1, 0.15) is 27.1 Å². The minimum Gasteiger partial charge on any atom is -0.465 e. The lowest BCUT2D eigenvalue weighted by atomic mass is 10.1. The van der Waals surface area contributed by atoms with E-state index in [9.17, 15) is 14.4 Å². The van der Waals surface area contributed by atoms with Crippen LogP contribution in [0, 0.1) is 0 Å². The van der Waals surface area contributed by atoms with Crippen molar-refractivity contribution in [1.29, 1.82) is 0 Å². The van der Waals surface area contributed by atoms with Crippen molar-refractivity contribution < 1.29 is 23.9 Å². The van der Waals surface area contributed by atoms with Gasteiger partial charge in [-0.25, -0.2) is 9.59 Å². The van der Waals surface area contributed by atoms with E-state index in [0.29, 0.717) is 5.69 Å². The Bertz CT molecular complexity index is 799. The molecule has 0 bridgehead atoms. The van der Waals surface area contributed by atoms with Gasteiger partial charge in [0.1, 0.15) is 0 Å². The fourth-order valence-electron chi connectivity index (χ4n) is 2.66. The molecule has 9 heteroatoms. The first kappa shape index (κ1) is 18.0. The van der Waals surface area contributed by atoms with Crippen molar-refractivity contribution in [3.8, 4) is 0 Å². The lowest BCUT2D eigenvalue weighted by molar-refractivity contribution is -0.115. The van der Waals surface area contributed by atoms with Gasteiger partial charge in [-0.15, -0.1) is 0 Å². The number of hydrogen-bond acceptors (Lipinski definition) is 8. The molecule has 1 amide bonds. The molecule has 0 radical (unpaired) electrons. The summed E-state index contributed by atoms with van der Waals surface area (Å²) in [7, 11) is 2.48. The summed E-state index contributed by atoms with van der Waals surface area (Å²) < 4.78 is 9.37. The number of benzene rings is 1. The first-order chi connectivity index (χ1) is 12.5. The zero-order chi connectivity index (χ0) is 18.7. The normalized spacial score (nSPS) is 15.1. The van der Waals surface area contributed by atoms with Crippen LogP contribution >= 0.6 is 11.8 Å². The monoisotopic (exact) mass is 375 g/mol. The molecule has 26 heavy (non-hydrogen) atoms. The topological polar surface area (TPSA) is 97.3 Å². The van der Waals surface area contributed by atoms with E-state index in [1.165, 1.54) is 44.2 Å². The SMILES string of the molecule is COC(=O)c1cc(NC(=O)CC2=CSC3=NCCN23)cc(C(=O)OC)c1. The van der Waals surface area contributed by atoms with Gasteiger partial charge in [-0.05, 0) is 23.6 Å². The molecule has 0 unspecified atom stereocenters. The van der Waals surface area contributed by atoms with Crippen molar-refractivity contribution >= 4 is 40.5 Å². The third kappa shape index (κ3) is 3.72. The number of amidine groups is 1. The van der Waals surface area contributed by atoms with Crippen molar-refractivity contribution in [1.82, 2.24) is 4.90 Å². The molecule has 2 aliphatic heterocycles. The maximum Gasteiger partial charge on any atom is 0.337 e. The van der Waals surface area contributed by atoms with E-state index in [1.807, 2.05) is 10.3 Å². The second kappa shape index (κ2) is 7.61. The van der Waals surface area contributed by atoms with E-state index in [1.54, 1.807) is 0 Å². The van der Waals surface area contributed by atoms with Gasteiger partial charge in [0.15, 0.2) is 5.17 Å². The molecule has 0 saturated carbocycles. The number of aliphatic imine (C=N–C) groups is 1. The summed E-state index contributed by atoms with van der Waals surface area (Å²) in [6.45, 7) is 1.50. The van der Waals surface area contributed by atoms with Crippen molar-refractivity contribution in [2.24, 2.45) is 4.99 Å². The van der Waals surface area contributed by atoms with Crippen LogP contribution < -0.4 is 5.32 Å². The molecule has 0 aromatic heterocycles. The van der Waals surface area contributed by atoms with Crippen LogP contribution in [0.15, 0.2) is 34.3 Å². The number of nitrogens with zero attached hydrogens (tertiary/aromatic N) is 2. The summed E-state index contributed by atoms with van der Waals surface area (Å²) in [6, 6.07) is 4.27. The molecule has 3 rings (SSSR count). The first-order valence-corrected chi connectivity index (χ1v) is 8.69. The number of fused-ring (bicyclic) bond motifs is 1. The Kier molecular flexibility index (Phi) is 5.27. The van der Waals surface area contributed by atoms with Crippen LogP contribution in [0.3, 0.4) is 0 Å². The zero-order valence-corrected chi connectivity index (χ0v) is 15.1. The molecule has 8 nitrogen and oxygen atoms in total. The molecule has 1 N–H and O–H groups in total. The highest BCUT2D eigenvalue weighted by molar-refractivity contribution is 8.16. The maximum atomic E-state index is 12.4. The Morgan fingerprint density at radius 2 is 1.81 bits per heavy atom. The van der Waals surface area contributed by atoms with Crippen LogP contribution in [-0.2, 0) is 14.3 Å². The van der Waals surface area contributed by atoms with E-state index in [-0.39, 0.29) is 23.5 Å². The number of amides is 1. The Balaban J connectivity index is 1.75. The number of nitrogens with one attached hydrogen (secondary N) is 1. The number of carbonyl (C=O) groups excluding carboxylic acids is 3. The molecule has 136 valence electrons. The number of thioether (sulfide) groups is 1. The minimum atomic E-state index is -0.612. The van der Waals surface area contributed by atoms with Gasteiger partial charge in [0.25, 0.3) is 0 Å². The number of esters is 2. The van der Waals surface area contributed by atoms with E-state index in [2.05, 4.69) is 19.8 Å². The van der Waals surface area contributed by atoms with Crippen LogP contribution in [0.25, 0.3) is 0 Å². The van der Waals surface area contributed by atoms with Gasteiger partial charge in [0.2, 0.25) is 5.91 Å². The lowest BCUT2D eigenvalue weighted by Crippen LogP contribution is -2.24. The van der Waals surface area contributed by atoms with Crippen molar-refractivity contribution in [3.05, 3.63) is 40.4 Å². The second-order valence-electron chi connectivity index (χ2n) is 5.55. The Morgan fingerprint density at radius 3 is 2.42 bits per heavy atom. The van der Waals surface area contributed by atoms with Gasteiger partial charge in [-0.3, -0.25) is 9.79 Å². The lowest BCUT2D eigenvalue weighted by Gasteiger charge is -2.16. The number of rotatable bonds is 5. The van der Waals surface area contributed by atoms with Gasteiger partial charge in [0, 0.05) is 17.9 Å². The van der Waals surface area contributed by atoms with Crippen molar-refractivity contribution in [2.75, 3.05) is 32.6 Å². The third-order valence-electron chi connectivity index (χ3n) is 3.85. The van der Waals surface area contributed by atoms with E-state index in [4.69, 9.17) is 0 Å². The molecule has 2 aliphatic rings. The highest BCUT2D eigenvalue weighted by Gasteiger charge is 2.27. The van der Waals surface area contributed by atoms with Gasteiger partial charge < -0.3 is 19.7 Å². The number of anilines is 1. The smallest absolute Gasteiger partial charge is 0.337 e. The molecule has 0 spiro atoms. The summed E-state index contributed by atoms with van der Waals surface area (Å²) in [5, 5.41) is 5.53. The fraction of sp³-hybridized carbons (Fsp3) is 0.294. The molecule has 2 heterocycles. The molecule has 1 aromatic rings. The largest absolute Gasteiger partial charge is 0.465 e. The molecule has 0 atom stereocenters. The molecule has 1 aromatic carbocycles. The second-order valence-corrected chi connectivity index (χ2v) is 6.39. The molecule has 0 saturated heterocycles. The molecule has 0 fully saturated rings. The average Bonchev–Trinajstić information content (AvgIpc) is 3.25. The number of ether oxygens (including phenoxy) is 2. The third-order valence-corrected chi connectivity index (χ3v) is 4.80. The predicted octanol–water partition coefficient (Wildman–Crippen LogP) is 1.85.